The molecule has 0 saturated carbocycles. The van der Waals surface area contributed by atoms with E-state index in [1.54, 1.807) is 23.6 Å². The van der Waals surface area contributed by atoms with Crippen molar-refractivity contribution in [1.82, 2.24) is 14.8 Å². The summed E-state index contributed by atoms with van der Waals surface area (Å²) >= 11 is 1.55. The molecule has 1 aromatic heterocycles. The molecule has 2 atom stereocenters. The molecule has 0 bridgehead atoms. The molecule has 1 aromatic rings. The van der Waals surface area contributed by atoms with Crippen LogP contribution in [0, 0.1) is 5.92 Å². The highest BCUT2D eigenvalue weighted by molar-refractivity contribution is 7.10. The summed E-state index contributed by atoms with van der Waals surface area (Å²) in [5.41, 5.74) is 0. The molecule has 2 fully saturated rings. The summed E-state index contributed by atoms with van der Waals surface area (Å²) in [6.45, 7) is 2.96. The number of rotatable bonds is 2. The number of fused-ring (bicyclic) bond motifs is 1. The minimum atomic E-state index is 0.119. The van der Waals surface area contributed by atoms with Gasteiger partial charge in [0.25, 0.3) is 0 Å². The topological polar surface area (TPSA) is 36.4 Å². The molecule has 4 nitrogen and oxygen atoms in total. The van der Waals surface area contributed by atoms with E-state index in [4.69, 9.17) is 0 Å². The molecule has 0 radical (unpaired) electrons. The van der Waals surface area contributed by atoms with E-state index >= 15 is 0 Å². The largest absolute Gasteiger partial charge is 0.337 e. The predicted molar refractivity (Wildman–Crippen MR) is 72.3 cm³/mol. The van der Waals surface area contributed by atoms with E-state index in [0.717, 1.165) is 18.1 Å². The van der Waals surface area contributed by atoms with Gasteiger partial charge in [-0.25, -0.2) is 4.98 Å². The second-order valence-electron chi connectivity index (χ2n) is 5.04. The number of carbonyl (C=O) groups is 1. The summed E-state index contributed by atoms with van der Waals surface area (Å²) in [6, 6.07) is 0.571. The molecule has 3 heterocycles. The van der Waals surface area contributed by atoms with Crippen molar-refractivity contribution in [3.05, 3.63) is 22.7 Å². The molecule has 0 aliphatic carbocycles. The summed E-state index contributed by atoms with van der Waals surface area (Å²) in [6.07, 6.45) is 6.44. The third-order valence-electron chi connectivity index (χ3n) is 3.96. The number of likely N-dealkylation sites (N-methyl/N-ethyl adjacent to an activating group) is 1. The van der Waals surface area contributed by atoms with Crippen LogP contribution in [0.15, 0.2) is 17.7 Å². The first-order valence-electron chi connectivity index (χ1n) is 6.31. The van der Waals surface area contributed by atoms with Gasteiger partial charge in [-0.05, 0) is 32.0 Å². The zero-order valence-corrected chi connectivity index (χ0v) is 11.3. The Kier molecular flexibility index (Phi) is 3.18. The third kappa shape index (κ3) is 2.20. The lowest BCUT2D eigenvalue weighted by Gasteiger charge is -2.19. The van der Waals surface area contributed by atoms with Crippen LogP contribution in [0.25, 0.3) is 6.08 Å². The van der Waals surface area contributed by atoms with Gasteiger partial charge in [0.2, 0.25) is 5.91 Å². The van der Waals surface area contributed by atoms with Crippen LogP contribution in [-0.4, -0.2) is 53.4 Å². The number of carbonyl (C=O) groups excluding carboxylic acids is 1. The standard InChI is InChI=1S/C13H17N3OS/c1-15-6-4-10-8-16(9-11(10)15)13(17)3-2-12-14-5-7-18-12/h2-3,5,7,10-11H,4,6,8-9H2,1H3/b3-2+/t10-,11+/m1/s1. The minimum Gasteiger partial charge on any atom is -0.337 e. The first kappa shape index (κ1) is 11.9. The Morgan fingerprint density at radius 2 is 2.44 bits per heavy atom. The van der Waals surface area contributed by atoms with Gasteiger partial charge in [0, 0.05) is 36.8 Å². The van der Waals surface area contributed by atoms with E-state index in [1.165, 1.54) is 13.0 Å². The lowest BCUT2D eigenvalue weighted by Crippen LogP contribution is -2.34. The maximum absolute atomic E-state index is 12.1. The smallest absolute Gasteiger partial charge is 0.246 e. The van der Waals surface area contributed by atoms with Gasteiger partial charge in [-0.1, -0.05) is 0 Å². The fourth-order valence-corrected chi connectivity index (χ4v) is 3.45. The average molecular weight is 263 g/mol. The van der Waals surface area contributed by atoms with Gasteiger partial charge in [0.15, 0.2) is 0 Å². The van der Waals surface area contributed by atoms with E-state index in [-0.39, 0.29) is 5.91 Å². The van der Waals surface area contributed by atoms with Crippen LogP contribution in [-0.2, 0) is 4.79 Å². The number of amides is 1. The molecule has 0 aromatic carbocycles. The van der Waals surface area contributed by atoms with E-state index in [1.807, 2.05) is 16.4 Å². The lowest BCUT2D eigenvalue weighted by molar-refractivity contribution is -0.125. The molecule has 0 spiro atoms. The normalized spacial score (nSPS) is 28.2. The van der Waals surface area contributed by atoms with Crippen LogP contribution < -0.4 is 0 Å². The van der Waals surface area contributed by atoms with E-state index in [0.29, 0.717) is 12.0 Å². The summed E-state index contributed by atoms with van der Waals surface area (Å²) in [4.78, 5) is 20.6. The molecule has 5 heteroatoms. The van der Waals surface area contributed by atoms with Crippen molar-refractivity contribution in [2.75, 3.05) is 26.7 Å². The van der Waals surface area contributed by atoms with Crippen LogP contribution in [0.4, 0.5) is 0 Å². The van der Waals surface area contributed by atoms with Crippen molar-refractivity contribution in [2.45, 2.75) is 12.5 Å². The fraction of sp³-hybridized carbons (Fsp3) is 0.538. The van der Waals surface area contributed by atoms with Crippen molar-refractivity contribution in [1.29, 1.82) is 0 Å². The first-order chi connectivity index (χ1) is 8.74. The predicted octanol–water partition coefficient (Wildman–Crippen LogP) is 1.32. The number of aromatic nitrogens is 1. The van der Waals surface area contributed by atoms with Crippen LogP contribution >= 0.6 is 11.3 Å². The Morgan fingerprint density at radius 1 is 1.56 bits per heavy atom. The quantitative estimate of drug-likeness (QED) is 0.755. The van der Waals surface area contributed by atoms with Gasteiger partial charge in [-0.2, -0.15) is 0 Å². The van der Waals surface area contributed by atoms with Crippen LogP contribution in [0.3, 0.4) is 0 Å². The maximum Gasteiger partial charge on any atom is 0.246 e. The van der Waals surface area contributed by atoms with E-state index < -0.39 is 0 Å². The number of hydrogen-bond acceptors (Lipinski definition) is 4. The maximum atomic E-state index is 12.1. The number of likely N-dealkylation sites (tertiary alicyclic amines) is 2. The molecule has 2 saturated heterocycles. The first-order valence-corrected chi connectivity index (χ1v) is 7.19. The molecule has 2 aliphatic rings. The molecule has 3 rings (SSSR count). The highest BCUT2D eigenvalue weighted by Gasteiger charge is 2.40. The SMILES string of the molecule is CN1CC[C@@H]2CN(C(=O)/C=C/c3nccs3)C[C@@H]21. The second kappa shape index (κ2) is 4.82. The molecular formula is C13H17N3OS. The Hall–Kier alpha value is -1.20. The van der Waals surface area contributed by atoms with Gasteiger partial charge < -0.3 is 9.80 Å². The van der Waals surface area contributed by atoms with Crippen molar-refractivity contribution in [3.63, 3.8) is 0 Å². The van der Waals surface area contributed by atoms with Crippen molar-refractivity contribution >= 4 is 23.3 Å². The monoisotopic (exact) mass is 263 g/mol. The summed E-state index contributed by atoms with van der Waals surface area (Å²) in [7, 11) is 2.16. The molecule has 2 aliphatic heterocycles. The van der Waals surface area contributed by atoms with Crippen LogP contribution in [0.2, 0.25) is 0 Å². The third-order valence-corrected chi connectivity index (χ3v) is 4.70. The van der Waals surface area contributed by atoms with Gasteiger partial charge in [-0.15, -0.1) is 11.3 Å². The molecule has 0 N–H and O–H groups in total. The lowest BCUT2D eigenvalue weighted by atomic mass is 10.1. The van der Waals surface area contributed by atoms with Gasteiger partial charge in [0.05, 0.1) is 0 Å². The number of thiazole rings is 1. The molecular weight excluding hydrogens is 246 g/mol. The summed E-state index contributed by atoms with van der Waals surface area (Å²) in [5, 5.41) is 2.80. The van der Waals surface area contributed by atoms with E-state index in [2.05, 4.69) is 16.9 Å². The summed E-state index contributed by atoms with van der Waals surface area (Å²) < 4.78 is 0. The van der Waals surface area contributed by atoms with Crippen molar-refractivity contribution in [3.8, 4) is 0 Å². The van der Waals surface area contributed by atoms with Crippen molar-refractivity contribution < 1.29 is 4.79 Å². The molecule has 18 heavy (non-hydrogen) atoms. The van der Waals surface area contributed by atoms with Crippen molar-refractivity contribution in [2.24, 2.45) is 5.92 Å². The highest BCUT2D eigenvalue weighted by atomic mass is 32.1. The molecule has 0 unspecified atom stereocenters. The fourth-order valence-electron chi connectivity index (χ4n) is 2.92. The minimum absolute atomic E-state index is 0.119. The molecule has 96 valence electrons. The second-order valence-corrected chi connectivity index (χ2v) is 5.97. The Bertz CT molecular complexity index is 457. The Balaban J connectivity index is 1.61. The zero-order valence-electron chi connectivity index (χ0n) is 10.5. The van der Waals surface area contributed by atoms with E-state index in [9.17, 15) is 4.79 Å². The van der Waals surface area contributed by atoms with Gasteiger partial charge in [-0.3, -0.25) is 4.79 Å². The number of nitrogens with zero attached hydrogens (tertiary/aromatic N) is 3. The van der Waals surface area contributed by atoms with Gasteiger partial charge in [0.1, 0.15) is 5.01 Å². The molecule has 1 amide bonds. The van der Waals surface area contributed by atoms with Gasteiger partial charge >= 0.3 is 0 Å². The average Bonchev–Trinajstić information content (AvgIpc) is 3.05. The highest BCUT2D eigenvalue weighted by Crippen LogP contribution is 2.30. The van der Waals surface area contributed by atoms with Crippen LogP contribution in [0.5, 0.6) is 0 Å². The summed E-state index contributed by atoms with van der Waals surface area (Å²) in [5.74, 6) is 0.792. The zero-order chi connectivity index (χ0) is 12.5. The Labute approximate surface area is 111 Å². The van der Waals surface area contributed by atoms with Crippen LogP contribution in [0.1, 0.15) is 11.4 Å². The Morgan fingerprint density at radius 3 is 3.17 bits per heavy atom. The number of hydrogen-bond donors (Lipinski definition) is 0.